The minimum atomic E-state index is -0.462. The molecule has 1 aliphatic carbocycles. The van der Waals surface area contributed by atoms with Crippen molar-refractivity contribution in [2.75, 3.05) is 5.32 Å². The van der Waals surface area contributed by atoms with Crippen LogP contribution in [0.3, 0.4) is 0 Å². The SMILES string of the molecule is NC(=O)c1c(NC(=O)Cc2ccc(Cl)cc2)sc2c1CCCCC2. The second-order valence-electron chi connectivity index (χ2n) is 5.98. The number of carbonyl (C=O) groups excluding carboxylic acids is 2. The number of hydrogen-bond donors (Lipinski definition) is 2. The third-order valence-electron chi connectivity index (χ3n) is 4.20. The number of primary amides is 1. The summed E-state index contributed by atoms with van der Waals surface area (Å²) in [6.45, 7) is 0. The van der Waals surface area contributed by atoms with Crippen LogP contribution in [0.15, 0.2) is 24.3 Å². The predicted octanol–water partition coefficient (Wildman–Crippen LogP) is 3.95. The number of aryl methyl sites for hydroxylation is 1. The third-order valence-corrected chi connectivity index (χ3v) is 5.66. The van der Waals surface area contributed by atoms with Crippen molar-refractivity contribution in [1.82, 2.24) is 0 Å². The molecule has 1 aromatic carbocycles. The summed E-state index contributed by atoms with van der Waals surface area (Å²) in [7, 11) is 0. The first-order chi connectivity index (χ1) is 11.5. The van der Waals surface area contributed by atoms with E-state index in [9.17, 15) is 9.59 Å². The number of benzene rings is 1. The number of amides is 2. The number of nitrogens with one attached hydrogen (secondary N) is 1. The van der Waals surface area contributed by atoms with Crippen LogP contribution in [0.4, 0.5) is 5.00 Å². The fraction of sp³-hybridized carbons (Fsp3) is 0.333. The Hall–Kier alpha value is -1.85. The zero-order chi connectivity index (χ0) is 17.1. The maximum atomic E-state index is 12.3. The molecule has 0 bridgehead atoms. The number of thiophene rings is 1. The normalized spacial score (nSPS) is 13.9. The lowest BCUT2D eigenvalue weighted by molar-refractivity contribution is -0.115. The van der Waals surface area contributed by atoms with Crippen molar-refractivity contribution >= 4 is 39.8 Å². The highest BCUT2D eigenvalue weighted by atomic mass is 35.5. The average Bonchev–Trinajstić information content (AvgIpc) is 2.71. The third kappa shape index (κ3) is 3.79. The Bertz CT molecular complexity index is 768. The van der Waals surface area contributed by atoms with E-state index in [1.165, 1.54) is 16.2 Å². The number of halogens is 1. The molecule has 2 amide bonds. The number of carbonyl (C=O) groups is 2. The lowest BCUT2D eigenvalue weighted by Gasteiger charge is -2.06. The van der Waals surface area contributed by atoms with Crippen LogP contribution in [-0.4, -0.2) is 11.8 Å². The Labute approximate surface area is 150 Å². The molecule has 0 saturated heterocycles. The van der Waals surface area contributed by atoms with Crippen LogP contribution in [0.5, 0.6) is 0 Å². The van der Waals surface area contributed by atoms with Gasteiger partial charge in [0.05, 0.1) is 12.0 Å². The van der Waals surface area contributed by atoms with Gasteiger partial charge in [0.15, 0.2) is 0 Å². The summed E-state index contributed by atoms with van der Waals surface area (Å²) in [6, 6.07) is 7.15. The minimum Gasteiger partial charge on any atom is -0.365 e. The molecule has 1 heterocycles. The first kappa shape index (κ1) is 17.0. The maximum absolute atomic E-state index is 12.3. The van der Waals surface area contributed by atoms with E-state index in [4.69, 9.17) is 17.3 Å². The molecule has 6 heteroatoms. The van der Waals surface area contributed by atoms with Crippen LogP contribution in [0.25, 0.3) is 0 Å². The van der Waals surface area contributed by atoms with Crippen LogP contribution in [-0.2, 0) is 24.1 Å². The number of hydrogen-bond acceptors (Lipinski definition) is 3. The Morgan fingerprint density at radius 2 is 1.83 bits per heavy atom. The zero-order valence-electron chi connectivity index (χ0n) is 13.2. The van der Waals surface area contributed by atoms with E-state index in [2.05, 4.69) is 5.32 Å². The molecule has 3 rings (SSSR count). The smallest absolute Gasteiger partial charge is 0.251 e. The number of anilines is 1. The van der Waals surface area contributed by atoms with Crippen molar-refractivity contribution in [2.45, 2.75) is 38.5 Å². The molecule has 2 aromatic rings. The number of fused-ring (bicyclic) bond motifs is 1. The summed E-state index contributed by atoms with van der Waals surface area (Å²) >= 11 is 7.35. The van der Waals surface area contributed by atoms with E-state index in [0.717, 1.165) is 43.2 Å². The molecule has 24 heavy (non-hydrogen) atoms. The highest BCUT2D eigenvalue weighted by Crippen LogP contribution is 2.37. The summed E-state index contributed by atoms with van der Waals surface area (Å²) in [5.41, 5.74) is 7.99. The maximum Gasteiger partial charge on any atom is 0.251 e. The van der Waals surface area contributed by atoms with Crippen molar-refractivity contribution < 1.29 is 9.59 Å². The molecule has 1 aliphatic rings. The van der Waals surface area contributed by atoms with Gasteiger partial charge in [-0.3, -0.25) is 9.59 Å². The topological polar surface area (TPSA) is 72.2 Å². The van der Waals surface area contributed by atoms with Gasteiger partial charge in [-0.25, -0.2) is 0 Å². The second-order valence-corrected chi connectivity index (χ2v) is 7.53. The predicted molar refractivity (Wildman–Crippen MR) is 97.9 cm³/mol. The molecule has 0 radical (unpaired) electrons. The molecule has 0 spiro atoms. The quantitative estimate of drug-likeness (QED) is 0.808. The largest absolute Gasteiger partial charge is 0.365 e. The van der Waals surface area contributed by atoms with E-state index < -0.39 is 5.91 Å². The van der Waals surface area contributed by atoms with Gasteiger partial charge in [-0.15, -0.1) is 11.3 Å². The fourth-order valence-corrected chi connectivity index (χ4v) is 4.49. The van der Waals surface area contributed by atoms with Crippen LogP contribution < -0.4 is 11.1 Å². The molecule has 126 valence electrons. The zero-order valence-corrected chi connectivity index (χ0v) is 14.8. The molecule has 0 atom stereocenters. The lowest BCUT2D eigenvalue weighted by atomic mass is 10.1. The summed E-state index contributed by atoms with van der Waals surface area (Å²) in [5, 5.41) is 4.11. The lowest BCUT2D eigenvalue weighted by Crippen LogP contribution is -2.19. The fourth-order valence-electron chi connectivity index (χ4n) is 3.05. The van der Waals surface area contributed by atoms with Crippen molar-refractivity contribution in [1.29, 1.82) is 0 Å². The highest BCUT2D eigenvalue weighted by Gasteiger charge is 2.24. The molecule has 4 nitrogen and oxygen atoms in total. The molecule has 0 aliphatic heterocycles. The average molecular weight is 363 g/mol. The summed E-state index contributed by atoms with van der Waals surface area (Å²) < 4.78 is 0. The van der Waals surface area contributed by atoms with Gasteiger partial charge in [-0.1, -0.05) is 30.2 Å². The van der Waals surface area contributed by atoms with Crippen molar-refractivity contribution in [2.24, 2.45) is 5.73 Å². The number of nitrogens with two attached hydrogens (primary N) is 1. The second kappa shape index (κ2) is 7.36. The van der Waals surface area contributed by atoms with E-state index in [-0.39, 0.29) is 12.3 Å². The Kier molecular flexibility index (Phi) is 5.21. The molecule has 0 saturated carbocycles. The van der Waals surface area contributed by atoms with Gasteiger partial charge < -0.3 is 11.1 Å². The van der Waals surface area contributed by atoms with Gasteiger partial charge in [0, 0.05) is 9.90 Å². The first-order valence-corrected chi connectivity index (χ1v) is 9.22. The van der Waals surface area contributed by atoms with Crippen molar-refractivity contribution in [3.63, 3.8) is 0 Å². The number of rotatable bonds is 4. The Morgan fingerprint density at radius 3 is 2.54 bits per heavy atom. The van der Waals surface area contributed by atoms with Gasteiger partial charge in [0.2, 0.25) is 5.91 Å². The van der Waals surface area contributed by atoms with Crippen LogP contribution in [0.2, 0.25) is 5.02 Å². The Balaban J connectivity index is 1.80. The monoisotopic (exact) mass is 362 g/mol. The van der Waals surface area contributed by atoms with E-state index in [0.29, 0.717) is 15.6 Å². The van der Waals surface area contributed by atoms with Gasteiger partial charge in [0.1, 0.15) is 5.00 Å². The summed E-state index contributed by atoms with van der Waals surface area (Å²) in [5.74, 6) is -0.618. The Morgan fingerprint density at radius 1 is 1.12 bits per heavy atom. The molecule has 3 N–H and O–H groups in total. The first-order valence-electron chi connectivity index (χ1n) is 8.03. The minimum absolute atomic E-state index is 0.156. The van der Waals surface area contributed by atoms with Crippen LogP contribution in [0, 0.1) is 0 Å². The van der Waals surface area contributed by atoms with Gasteiger partial charge >= 0.3 is 0 Å². The molecular formula is C18H19ClN2O2S. The highest BCUT2D eigenvalue weighted by molar-refractivity contribution is 7.17. The summed E-state index contributed by atoms with van der Waals surface area (Å²) in [4.78, 5) is 25.4. The van der Waals surface area contributed by atoms with E-state index in [1.54, 1.807) is 12.1 Å². The molecule has 1 aromatic heterocycles. The van der Waals surface area contributed by atoms with Gasteiger partial charge in [0.25, 0.3) is 5.91 Å². The van der Waals surface area contributed by atoms with Crippen LogP contribution >= 0.6 is 22.9 Å². The van der Waals surface area contributed by atoms with Crippen molar-refractivity contribution in [3.8, 4) is 0 Å². The van der Waals surface area contributed by atoms with Crippen molar-refractivity contribution in [3.05, 3.63) is 50.9 Å². The molecule has 0 unspecified atom stereocenters. The molecular weight excluding hydrogens is 344 g/mol. The van der Waals surface area contributed by atoms with Gasteiger partial charge in [-0.2, -0.15) is 0 Å². The standard InChI is InChI=1S/C18H19ClN2O2S/c19-12-8-6-11(7-9-12)10-15(22)21-18-16(17(20)23)13-4-2-1-3-5-14(13)24-18/h6-9H,1-5,10H2,(H2,20,23)(H,21,22). The summed E-state index contributed by atoms with van der Waals surface area (Å²) in [6.07, 6.45) is 5.38. The molecule has 0 fully saturated rings. The van der Waals surface area contributed by atoms with Gasteiger partial charge in [-0.05, 0) is 48.9 Å². The van der Waals surface area contributed by atoms with E-state index in [1.807, 2.05) is 12.1 Å². The van der Waals surface area contributed by atoms with Crippen LogP contribution in [0.1, 0.15) is 45.6 Å². The van der Waals surface area contributed by atoms with E-state index >= 15 is 0 Å².